The van der Waals surface area contributed by atoms with Gasteiger partial charge < -0.3 is 20.1 Å². The standard InChI is InChI=1S/C26H20F2N2O4/c1-14-2-5-18(12-20(14)15-3-6-19-16(10-15)13-29-23(19)31)30-24(32)25(8-9-25)17-4-7-21-22(11-17)34-26(27,28)33-21/h2-7,10-12H,8-9,13H2,1H3,(H,29,31)(H,30,32). The van der Waals surface area contributed by atoms with Gasteiger partial charge in [-0.1, -0.05) is 18.2 Å². The first-order chi connectivity index (χ1) is 16.2. The van der Waals surface area contributed by atoms with Gasteiger partial charge in [-0.25, -0.2) is 0 Å². The van der Waals surface area contributed by atoms with Crippen molar-refractivity contribution in [1.29, 1.82) is 0 Å². The van der Waals surface area contributed by atoms with Crippen molar-refractivity contribution >= 4 is 17.5 Å². The molecule has 172 valence electrons. The predicted molar refractivity (Wildman–Crippen MR) is 120 cm³/mol. The van der Waals surface area contributed by atoms with Crippen LogP contribution in [-0.2, 0) is 16.8 Å². The van der Waals surface area contributed by atoms with E-state index < -0.39 is 11.7 Å². The summed E-state index contributed by atoms with van der Waals surface area (Å²) >= 11 is 0. The highest BCUT2D eigenvalue weighted by Crippen LogP contribution is 2.52. The van der Waals surface area contributed by atoms with Crippen molar-refractivity contribution in [2.24, 2.45) is 0 Å². The number of halogens is 2. The maximum absolute atomic E-state index is 13.4. The van der Waals surface area contributed by atoms with Crippen molar-refractivity contribution in [3.8, 4) is 22.6 Å². The lowest BCUT2D eigenvalue weighted by atomic mass is 9.93. The molecule has 1 fully saturated rings. The maximum atomic E-state index is 13.4. The average Bonchev–Trinajstić information content (AvgIpc) is 3.45. The Kier molecular flexibility index (Phi) is 4.27. The molecule has 6 nitrogen and oxygen atoms in total. The van der Waals surface area contributed by atoms with E-state index in [1.807, 2.05) is 43.3 Å². The summed E-state index contributed by atoms with van der Waals surface area (Å²) in [5.41, 5.74) is 5.04. The van der Waals surface area contributed by atoms with E-state index in [2.05, 4.69) is 20.1 Å². The monoisotopic (exact) mass is 462 g/mol. The van der Waals surface area contributed by atoms with Gasteiger partial charge >= 0.3 is 6.29 Å². The number of benzene rings is 3. The van der Waals surface area contributed by atoms with E-state index in [4.69, 9.17) is 0 Å². The summed E-state index contributed by atoms with van der Waals surface area (Å²) in [4.78, 5) is 25.1. The summed E-state index contributed by atoms with van der Waals surface area (Å²) in [6.07, 6.45) is -2.47. The minimum atomic E-state index is -3.70. The first-order valence-electron chi connectivity index (χ1n) is 11.0. The topological polar surface area (TPSA) is 76.7 Å². The lowest BCUT2D eigenvalue weighted by molar-refractivity contribution is -0.286. The van der Waals surface area contributed by atoms with Gasteiger partial charge in [0, 0.05) is 17.8 Å². The molecule has 0 bridgehead atoms. The molecule has 6 rings (SSSR count). The lowest BCUT2D eigenvalue weighted by Gasteiger charge is -2.17. The number of hydrogen-bond donors (Lipinski definition) is 2. The molecular weight excluding hydrogens is 442 g/mol. The predicted octanol–water partition coefficient (Wildman–Crippen LogP) is 4.90. The van der Waals surface area contributed by atoms with Crippen LogP contribution in [0.5, 0.6) is 11.5 Å². The van der Waals surface area contributed by atoms with E-state index in [-0.39, 0.29) is 23.3 Å². The molecule has 3 aromatic carbocycles. The first kappa shape index (κ1) is 20.7. The smallest absolute Gasteiger partial charge is 0.395 e. The summed E-state index contributed by atoms with van der Waals surface area (Å²) in [5, 5.41) is 5.82. The molecule has 0 radical (unpaired) electrons. The molecule has 3 aromatic rings. The van der Waals surface area contributed by atoms with Crippen LogP contribution < -0.4 is 20.1 Å². The van der Waals surface area contributed by atoms with Crippen molar-refractivity contribution in [2.75, 3.05) is 5.32 Å². The minimum absolute atomic E-state index is 0.0422. The molecule has 2 aliphatic heterocycles. The molecule has 34 heavy (non-hydrogen) atoms. The zero-order valence-corrected chi connectivity index (χ0v) is 18.2. The Balaban J connectivity index is 1.26. The molecule has 0 atom stereocenters. The van der Waals surface area contributed by atoms with Crippen LogP contribution in [0.1, 0.15) is 39.9 Å². The van der Waals surface area contributed by atoms with Crippen molar-refractivity contribution in [3.63, 3.8) is 0 Å². The molecule has 1 saturated carbocycles. The van der Waals surface area contributed by atoms with Crippen LogP contribution in [0.2, 0.25) is 0 Å². The number of nitrogens with one attached hydrogen (secondary N) is 2. The zero-order valence-electron chi connectivity index (χ0n) is 18.2. The van der Waals surface area contributed by atoms with E-state index in [1.165, 1.54) is 12.1 Å². The van der Waals surface area contributed by atoms with Gasteiger partial charge in [-0.3, -0.25) is 9.59 Å². The second-order valence-electron chi connectivity index (χ2n) is 8.95. The van der Waals surface area contributed by atoms with Crippen molar-refractivity contribution in [1.82, 2.24) is 5.32 Å². The Morgan fingerprint density at radius 2 is 1.76 bits per heavy atom. The number of carbonyl (C=O) groups excluding carboxylic acids is 2. The van der Waals surface area contributed by atoms with Crippen LogP contribution in [0, 0.1) is 6.92 Å². The summed E-state index contributed by atoms with van der Waals surface area (Å²) in [6, 6.07) is 15.9. The number of rotatable bonds is 4. The summed E-state index contributed by atoms with van der Waals surface area (Å²) in [5.74, 6) is -0.374. The lowest BCUT2D eigenvalue weighted by Crippen LogP contribution is -2.28. The molecule has 3 aliphatic rings. The number of amides is 2. The van der Waals surface area contributed by atoms with Crippen molar-refractivity contribution < 1.29 is 27.8 Å². The third kappa shape index (κ3) is 3.29. The minimum Gasteiger partial charge on any atom is -0.395 e. The van der Waals surface area contributed by atoms with Gasteiger partial charge in [0.2, 0.25) is 5.91 Å². The average molecular weight is 462 g/mol. The Labute approximate surface area is 193 Å². The van der Waals surface area contributed by atoms with Gasteiger partial charge in [0.15, 0.2) is 11.5 Å². The van der Waals surface area contributed by atoms with Gasteiger partial charge in [-0.2, -0.15) is 0 Å². The Hall–Kier alpha value is -3.94. The molecule has 2 amide bonds. The van der Waals surface area contributed by atoms with E-state index in [9.17, 15) is 18.4 Å². The molecule has 0 unspecified atom stereocenters. The van der Waals surface area contributed by atoms with Crippen LogP contribution in [0.3, 0.4) is 0 Å². The van der Waals surface area contributed by atoms with Crippen molar-refractivity contribution in [2.45, 2.75) is 38.0 Å². The second-order valence-corrected chi connectivity index (χ2v) is 8.95. The van der Waals surface area contributed by atoms with Gasteiger partial charge in [-0.05, 0) is 84.0 Å². The maximum Gasteiger partial charge on any atom is 0.586 e. The van der Waals surface area contributed by atoms with Gasteiger partial charge in [0.1, 0.15) is 0 Å². The van der Waals surface area contributed by atoms with Gasteiger partial charge in [0.05, 0.1) is 5.41 Å². The third-order valence-electron chi connectivity index (χ3n) is 6.73. The summed E-state index contributed by atoms with van der Waals surface area (Å²) in [7, 11) is 0. The highest BCUT2D eigenvalue weighted by Gasteiger charge is 2.52. The van der Waals surface area contributed by atoms with E-state index in [0.29, 0.717) is 36.2 Å². The normalized spacial score (nSPS) is 18.3. The Bertz CT molecular complexity index is 1380. The Morgan fingerprint density at radius 1 is 0.971 bits per heavy atom. The fraction of sp³-hybridized carbons (Fsp3) is 0.231. The molecule has 0 aromatic heterocycles. The van der Waals surface area contributed by atoms with Crippen LogP contribution in [0.25, 0.3) is 11.1 Å². The molecule has 2 heterocycles. The molecule has 8 heteroatoms. The summed E-state index contributed by atoms with van der Waals surface area (Å²) < 4.78 is 35.8. The molecule has 0 saturated heterocycles. The van der Waals surface area contributed by atoms with Crippen LogP contribution >= 0.6 is 0 Å². The SMILES string of the molecule is Cc1ccc(NC(=O)C2(c3ccc4c(c3)OC(F)(F)O4)CC2)cc1-c1ccc2c(c1)CNC2=O. The van der Waals surface area contributed by atoms with Gasteiger partial charge in [-0.15, -0.1) is 8.78 Å². The fourth-order valence-electron chi connectivity index (χ4n) is 4.68. The number of aryl methyl sites for hydroxylation is 1. The largest absolute Gasteiger partial charge is 0.586 e. The number of carbonyl (C=O) groups is 2. The number of ether oxygens (including phenoxy) is 2. The highest BCUT2D eigenvalue weighted by molar-refractivity contribution is 6.02. The fourth-order valence-corrected chi connectivity index (χ4v) is 4.68. The quantitative estimate of drug-likeness (QED) is 0.579. The number of alkyl halides is 2. The van der Waals surface area contributed by atoms with Crippen LogP contribution in [0.4, 0.5) is 14.5 Å². The zero-order chi connectivity index (χ0) is 23.7. The van der Waals surface area contributed by atoms with E-state index >= 15 is 0 Å². The first-order valence-corrected chi connectivity index (χ1v) is 11.0. The van der Waals surface area contributed by atoms with E-state index in [1.54, 1.807) is 6.07 Å². The number of hydrogen-bond acceptors (Lipinski definition) is 4. The highest BCUT2D eigenvalue weighted by atomic mass is 19.3. The molecule has 2 N–H and O–H groups in total. The van der Waals surface area contributed by atoms with Crippen LogP contribution in [0.15, 0.2) is 54.6 Å². The summed E-state index contributed by atoms with van der Waals surface area (Å²) in [6.45, 7) is 2.49. The third-order valence-corrected chi connectivity index (χ3v) is 6.73. The van der Waals surface area contributed by atoms with Crippen molar-refractivity contribution in [3.05, 3.63) is 76.9 Å². The number of anilines is 1. The Morgan fingerprint density at radius 3 is 2.56 bits per heavy atom. The number of fused-ring (bicyclic) bond motifs is 2. The van der Waals surface area contributed by atoms with Gasteiger partial charge in [0.25, 0.3) is 5.91 Å². The second kappa shape index (κ2) is 7.03. The van der Waals surface area contributed by atoms with E-state index in [0.717, 1.165) is 22.3 Å². The van der Waals surface area contributed by atoms with Crippen LogP contribution in [-0.4, -0.2) is 18.1 Å². The molecular formula is C26H20F2N2O4. The molecule has 1 aliphatic carbocycles. The molecule has 0 spiro atoms.